The predicted octanol–water partition coefficient (Wildman–Crippen LogP) is 3.68. The van der Waals surface area contributed by atoms with Crippen LogP contribution in [0.3, 0.4) is 0 Å². The molecule has 3 aromatic rings. The van der Waals surface area contributed by atoms with E-state index in [1.54, 1.807) is 9.47 Å². The van der Waals surface area contributed by atoms with Crippen LogP contribution in [0.2, 0.25) is 5.02 Å². The van der Waals surface area contributed by atoms with Gasteiger partial charge in [-0.15, -0.1) is 0 Å². The van der Waals surface area contributed by atoms with Crippen LogP contribution in [0.1, 0.15) is 40.5 Å². The van der Waals surface area contributed by atoms with Gasteiger partial charge in [-0.2, -0.15) is 5.10 Å². The molecule has 0 bridgehead atoms. The zero-order valence-electron chi connectivity index (χ0n) is 15.9. The Morgan fingerprint density at radius 2 is 1.86 bits per heavy atom. The molecular weight excluding hydrogens is 395 g/mol. The Morgan fingerprint density at radius 1 is 1.17 bits per heavy atom. The average molecular weight is 415 g/mol. The molecule has 1 amide bonds. The third-order valence-corrected chi connectivity index (χ3v) is 5.61. The van der Waals surface area contributed by atoms with Crippen LogP contribution < -0.4 is 5.69 Å². The maximum absolute atomic E-state index is 13.2. The molecular formula is C21H20ClFN4O2. The van der Waals surface area contributed by atoms with Crippen molar-refractivity contribution in [3.05, 3.63) is 80.7 Å². The van der Waals surface area contributed by atoms with Crippen LogP contribution in [0.5, 0.6) is 0 Å². The van der Waals surface area contributed by atoms with Crippen LogP contribution in [0, 0.1) is 12.7 Å². The number of aromatic nitrogens is 3. The van der Waals surface area contributed by atoms with Crippen molar-refractivity contribution in [2.24, 2.45) is 0 Å². The number of piperidine rings is 1. The number of rotatable bonds is 3. The van der Waals surface area contributed by atoms with Crippen molar-refractivity contribution in [3.8, 4) is 5.69 Å². The topological polar surface area (TPSA) is 71.0 Å². The summed E-state index contributed by atoms with van der Waals surface area (Å²) < 4.78 is 14.8. The molecule has 0 aliphatic carbocycles. The molecule has 1 saturated heterocycles. The normalized spacial score (nSPS) is 14.9. The van der Waals surface area contributed by atoms with Crippen LogP contribution in [0.4, 0.5) is 4.39 Å². The highest BCUT2D eigenvalue weighted by Gasteiger charge is 2.29. The van der Waals surface area contributed by atoms with Gasteiger partial charge in [-0.25, -0.2) is 18.9 Å². The van der Waals surface area contributed by atoms with Crippen LogP contribution in [-0.4, -0.2) is 38.7 Å². The first-order valence-corrected chi connectivity index (χ1v) is 9.80. The van der Waals surface area contributed by atoms with E-state index in [0.29, 0.717) is 37.3 Å². The summed E-state index contributed by atoms with van der Waals surface area (Å²) in [5.74, 6) is 0.0260. The van der Waals surface area contributed by atoms with Gasteiger partial charge >= 0.3 is 5.69 Å². The molecule has 0 saturated carbocycles. The number of halogens is 2. The van der Waals surface area contributed by atoms with Gasteiger partial charge < -0.3 is 4.90 Å². The molecule has 0 radical (unpaired) electrons. The number of benzene rings is 2. The van der Waals surface area contributed by atoms with E-state index in [2.05, 4.69) is 10.2 Å². The fraction of sp³-hybridized carbons (Fsp3) is 0.286. The van der Waals surface area contributed by atoms with Gasteiger partial charge in [0.15, 0.2) is 0 Å². The summed E-state index contributed by atoms with van der Waals surface area (Å²) in [5, 5.41) is 6.90. The summed E-state index contributed by atoms with van der Waals surface area (Å²) >= 11 is 6.03. The lowest BCUT2D eigenvalue weighted by Gasteiger charge is -2.31. The Morgan fingerprint density at radius 3 is 2.52 bits per heavy atom. The molecule has 1 N–H and O–H groups in total. The number of hydrogen-bond acceptors (Lipinski definition) is 3. The van der Waals surface area contributed by atoms with Gasteiger partial charge in [-0.3, -0.25) is 4.79 Å². The molecule has 8 heteroatoms. The zero-order valence-corrected chi connectivity index (χ0v) is 16.6. The number of aryl methyl sites for hydroxylation is 1. The highest BCUT2D eigenvalue weighted by molar-refractivity contribution is 6.33. The second kappa shape index (κ2) is 7.83. The standard InChI is InChI=1S/C21H20ClFN4O2/c1-13-2-5-16(6-3-13)27-19(24-25-21(27)29)14-8-10-26(11-9-14)20(28)17-7-4-15(23)12-18(17)22/h2-7,12,14H,8-11H2,1H3,(H,25,29). The molecule has 1 fully saturated rings. The minimum Gasteiger partial charge on any atom is -0.339 e. The molecule has 4 rings (SSSR count). The highest BCUT2D eigenvalue weighted by atomic mass is 35.5. The third kappa shape index (κ3) is 3.82. The number of aromatic amines is 1. The SMILES string of the molecule is Cc1ccc(-n2c(C3CCN(C(=O)c4ccc(F)cc4Cl)CC3)n[nH]c2=O)cc1. The summed E-state index contributed by atoms with van der Waals surface area (Å²) in [5.41, 5.74) is 1.89. The minimum absolute atomic E-state index is 0.0444. The van der Waals surface area contributed by atoms with E-state index in [4.69, 9.17) is 11.6 Å². The summed E-state index contributed by atoms with van der Waals surface area (Å²) in [6, 6.07) is 11.5. The number of hydrogen-bond donors (Lipinski definition) is 1. The molecule has 2 heterocycles. The van der Waals surface area contributed by atoms with Gasteiger partial charge in [0, 0.05) is 19.0 Å². The van der Waals surface area contributed by atoms with Crippen molar-refractivity contribution in [1.82, 2.24) is 19.7 Å². The number of carbonyl (C=O) groups excluding carboxylic acids is 1. The molecule has 150 valence electrons. The summed E-state index contributed by atoms with van der Waals surface area (Å²) in [6.45, 7) is 3.00. The number of nitrogens with zero attached hydrogens (tertiary/aromatic N) is 3. The maximum Gasteiger partial charge on any atom is 0.347 e. The molecule has 6 nitrogen and oxygen atoms in total. The van der Waals surface area contributed by atoms with E-state index in [0.717, 1.165) is 17.3 Å². The lowest BCUT2D eigenvalue weighted by molar-refractivity contribution is 0.0711. The van der Waals surface area contributed by atoms with Gasteiger partial charge in [0.25, 0.3) is 5.91 Å². The predicted molar refractivity (Wildman–Crippen MR) is 108 cm³/mol. The van der Waals surface area contributed by atoms with E-state index in [9.17, 15) is 14.0 Å². The number of carbonyl (C=O) groups is 1. The second-order valence-electron chi connectivity index (χ2n) is 7.25. The molecule has 1 aromatic heterocycles. The monoisotopic (exact) mass is 414 g/mol. The van der Waals surface area contributed by atoms with Crippen molar-refractivity contribution in [1.29, 1.82) is 0 Å². The van der Waals surface area contributed by atoms with Crippen LogP contribution >= 0.6 is 11.6 Å². The lowest BCUT2D eigenvalue weighted by atomic mass is 9.95. The van der Waals surface area contributed by atoms with Crippen LogP contribution in [0.15, 0.2) is 47.3 Å². The van der Waals surface area contributed by atoms with E-state index < -0.39 is 5.82 Å². The van der Waals surface area contributed by atoms with Crippen molar-refractivity contribution >= 4 is 17.5 Å². The third-order valence-electron chi connectivity index (χ3n) is 5.30. The molecule has 0 atom stereocenters. The highest BCUT2D eigenvalue weighted by Crippen LogP contribution is 2.29. The lowest BCUT2D eigenvalue weighted by Crippen LogP contribution is -2.38. The van der Waals surface area contributed by atoms with Crippen molar-refractivity contribution in [2.45, 2.75) is 25.7 Å². The largest absolute Gasteiger partial charge is 0.347 e. The van der Waals surface area contributed by atoms with E-state index in [1.165, 1.54) is 12.1 Å². The Balaban J connectivity index is 1.51. The quantitative estimate of drug-likeness (QED) is 0.710. The smallest absolute Gasteiger partial charge is 0.339 e. The maximum atomic E-state index is 13.2. The Hall–Kier alpha value is -2.93. The number of H-pyrrole nitrogens is 1. The van der Waals surface area contributed by atoms with Gasteiger partial charge in [0.05, 0.1) is 16.3 Å². The van der Waals surface area contributed by atoms with Crippen molar-refractivity contribution in [2.75, 3.05) is 13.1 Å². The van der Waals surface area contributed by atoms with Crippen LogP contribution in [-0.2, 0) is 0 Å². The first-order chi connectivity index (χ1) is 13.9. The van der Waals surface area contributed by atoms with Crippen molar-refractivity contribution in [3.63, 3.8) is 0 Å². The van der Waals surface area contributed by atoms with Gasteiger partial charge in [-0.05, 0) is 50.1 Å². The van der Waals surface area contributed by atoms with E-state index in [1.807, 2.05) is 31.2 Å². The van der Waals surface area contributed by atoms with Crippen LogP contribution in [0.25, 0.3) is 5.69 Å². The molecule has 0 unspecified atom stereocenters. The minimum atomic E-state index is -0.474. The van der Waals surface area contributed by atoms with Gasteiger partial charge in [-0.1, -0.05) is 29.3 Å². The fourth-order valence-electron chi connectivity index (χ4n) is 3.70. The molecule has 1 aliphatic heterocycles. The Kier molecular flexibility index (Phi) is 5.24. The number of nitrogens with one attached hydrogen (secondary N) is 1. The first kappa shape index (κ1) is 19.4. The van der Waals surface area contributed by atoms with E-state index in [-0.39, 0.29) is 22.5 Å². The van der Waals surface area contributed by atoms with Gasteiger partial charge in [0.2, 0.25) is 0 Å². The summed E-state index contributed by atoms with van der Waals surface area (Å²) in [6.07, 6.45) is 1.33. The zero-order chi connectivity index (χ0) is 20.5. The Labute approximate surface area is 171 Å². The van der Waals surface area contributed by atoms with Gasteiger partial charge in [0.1, 0.15) is 11.6 Å². The van der Waals surface area contributed by atoms with E-state index >= 15 is 0 Å². The Bertz CT molecular complexity index is 1100. The molecule has 2 aromatic carbocycles. The molecule has 0 spiro atoms. The average Bonchev–Trinajstić information content (AvgIpc) is 3.10. The molecule has 29 heavy (non-hydrogen) atoms. The van der Waals surface area contributed by atoms with Crippen molar-refractivity contribution < 1.29 is 9.18 Å². The molecule has 1 aliphatic rings. The second-order valence-corrected chi connectivity index (χ2v) is 7.66. The number of likely N-dealkylation sites (tertiary alicyclic amines) is 1. The summed E-state index contributed by atoms with van der Waals surface area (Å²) in [4.78, 5) is 26.8. The summed E-state index contributed by atoms with van der Waals surface area (Å²) in [7, 11) is 0. The fourth-order valence-corrected chi connectivity index (χ4v) is 3.95. The number of amides is 1. The first-order valence-electron chi connectivity index (χ1n) is 9.42.